The van der Waals surface area contributed by atoms with Crippen LogP contribution in [-0.4, -0.2) is 37.6 Å². The van der Waals surface area contributed by atoms with Gasteiger partial charge in [-0.3, -0.25) is 9.59 Å². The Kier molecular flexibility index (Phi) is 3.88. The SMILES string of the molecule is CNCC(OC(C)=O)C(=O)NC1CC1. The van der Waals surface area contributed by atoms with E-state index < -0.39 is 12.1 Å². The van der Waals surface area contributed by atoms with E-state index in [4.69, 9.17) is 4.74 Å². The van der Waals surface area contributed by atoms with Crippen LogP contribution in [0.1, 0.15) is 19.8 Å². The molecule has 1 rings (SSSR count). The molecule has 14 heavy (non-hydrogen) atoms. The van der Waals surface area contributed by atoms with Crippen LogP contribution in [0.25, 0.3) is 0 Å². The first-order valence-corrected chi connectivity index (χ1v) is 4.75. The number of nitrogens with one attached hydrogen (secondary N) is 2. The molecule has 0 aromatic rings. The molecule has 0 spiro atoms. The van der Waals surface area contributed by atoms with Gasteiger partial charge >= 0.3 is 5.97 Å². The van der Waals surface area contributed by atoms with Gasteiger partial charge in [0.15, 0.2) is 6.10 Å². The van der Waals surface area contributed by atoms with Gasteiger partial charge in [0.1, 0.15) is 0 Å². The normalized spacial score (nSPS) is 17.3. The first-order valence-electron chi connectivity index (χ1n) is 4.75. The van der Waals surface area contributed by atoms with Crippen LogP contribution in [0.2, 0.25) is 0 Å². The van der Waals surface area contributed by atoms with E-state index in [0.717, 1.165) is 12.8 Å². The fourth-order valence-electron chi connectivity index (χ4n) is 1.10. The summed E-state index contributed by atoms with van der Waals surface area (Å²) >= 11 is 0. The van der Waals surface area contributed by atoms with Crippen molar-refractivity contribution in [1.29, 1.82) is 0 Å². The summed E-state index contributed by atoms with van der Waals surface area (Å²) in [5, 5.41) is 5.60. The van der Waals surface area contributed by atoms with Crippen LogP contribution >= 0.6 is 0 Å². The molecule has 1 fully saturated rings. The summed E-state index contributed by atoms with van der Waals surface area (Å²) in [4.78, 5) is 22.2. The Balaban J connectivity index is 2.37. The fourth-order valence-corrected chi connectivity index (χ4v) is 1.10. The lowest BCUT2D eigenvalue weighted by Gasteiger charge is -2.15. The molecule has 0 aliphatic heterocycles. The number of ether oxygens (including phenoxy) is 1. The summed E-state index contributed by atoms with van der Waals surface area (Å²) in [6.45, 7) is 1.64. The highest BCUT2D eigenvalue weighted by molar-refractivity contribution is 5.84. The smallest absolute Gasteiger partial charge is 0.303 e. The molecule has 0 saturated heterocycles. The Labute approximate surface area is 83.2 Å². The van der Waals surface area contributed by atoms with Crippen molar-refractivity contribution in [2.24, 2.45) is 0 Å². The molecule has 80 valence electrons. The van der Waals surface area contributed by atoms with Gasteiger partial charge in [0.2, 0.25) is 0 Å². The lowest BCUT2D eigenvalue weighted by molar-refractivity contribution is -0.153. The standard InChI is InChI=1S/C9H16N2O3/c1-6(12)14-8(5-10-2)9(13)11-7-3-4-7/h7-8,10H,3-5H2,1-2H3,(H,11,13). The third-order valence-corrected chi connectivity index (χ3v) is 1.91. The molecular weight excluding hydrogens is 184 g/mol. The van der Waals surface area contributed by atoms with E-state index in [0.29, 0.717) is 6.54 Å². The van der Waals surface area contributed by atoms with Crippen molar-refractivity contribution < 1.29 is 14.3 Å². The zero-order valence-electron chi connectivity index (χ0n) is 8.50. The predicted octanol–water partition coefficient (Wildman–Crippen LogP) is -0.584. The van der Waals surface area contributed by atoms with Crippen molar-refractivity contribution in [1.82, 2.24) is 10.6 Å². The Morgan fingerprint density at radius 1 is 1.50 bits per heavy atom. The molecule has 1 amide bonds. The van der Waals surface area contributed by atoms with E-state index in [1.54, 1.807) is 7.05 Å². The maximum absolute atomic E-state index is 11.5. The highest BCUT2D eigenvalue weighted by Gasteiger charge is 2.28. The predicted molar refractivity (Wildman–Crippen MR) is 50.6 cm³/mol. The molecule has 1 unspecified atom stereocenters. The van der Waals surface area contributed by atoms with Gasteiger partial charge in [-0.1, -0.05) is 0 Å². The van der Waals surface area contributed by atoms with Crippen molar-refractivity contribution in [2.75, 3.05) is 13.6 Å². The van der Waals surface area contributed by atoms with E-state index in [2.05, 4.69) is 10.6 Å². The number of hydrogen-bond acceptors (Lipinski definition) is 4. The third-order valence-electron chi connectivity index (χ3n) is 1.91. The van der Waals surface area contributed by atoms with Gasteiger partial charge in [0.25, 0.3) is 5.91 Å². The van der Waals surface area contributed by atoms with Crippen LogP contribution < -0.4 is 10.6 Å². The van der Waals surface area contributed by atoms with Crippen LogP contribution in [0.4, 0.5) is 0 Å². The summed E-state index contributed by atoms with van der Waals surface area (Å²) in [6.07, 6.45) is 1.34. The van der Waals surface area contributed by atoms with E-state index >= 15 is 0 Å². The number of carbonyl (C=O) groups is 2. The summed E-state index contributed by atoms with van der Waals surface area (Å²) in [5.74, 6) is -0.645. The van der Waals surface area contributed by atoms with Crippen molar-refractivity contribution >= 4 is 11.9 Å². The minimum Gasteiger partial charge on any atom is -0.451 e. The van der Waals surface area contributed by atoms with Gasteiger partial charge in [-0.25, -0.2) is 0 Å². The molecule has 0 radical (unpaired) electrons. The molecule has 1 aliphatic carbocycles. The van der Waals surface area contributed by atoms with Crippen molar-refractivity contribution in [2.45, 2.75) is 31.9 Å². The first-order chi connectivity index (χ1) is 6.63. The molecule has 1 saturated carbocycles. The molecule has 0 bridgehead atoms. The van der Waals surface area contributed by atoms with Gasteiger partial charge in [-0.2, -0.15) is 0 Å². The van der Waals surface area contributed by atoms with E-state index in [-0.39, 0.29) is 11.9 Å². The van der Waals surface area contributed by atoms with Crippen LogP contribution in [0.15, 0.2) is 0 Å². The Morgan fingerprint density at radius 3 is 2.57 bits per heavy atom. The molecule has 0 aromatic heterocycles. The molecular formula is C9H16N2O3. The van der Waals surface area contributed by atoms with Gasteiger partial charge in [0, 0.05) is 19.5 Å². The second kappa shape index (κ2) is 4.95. The average molecular weight is 200 g/mol. The topological polar surface area (TPSA) is 67.4 Å². The minimum absolute atomic E-state index is 0.211. The van der Waals surface area contributed by atoms with Crippen LogP contribution in [0.5, 0.6) is 0 Å². The second-order valence-electron chi connectivity index (χ2n) is 3.44. The highest BCUT2D eigenvalue weighted by Crippen LogP contribution is 2.18. The number of rotatable bonds is 5. The number of carbonyl (C=O) groups excluding carboxylic acids is 2. The molecule has 2 N–H and O–H groups in total. The Morgan fingerprint density at radius 2 is 2.14 bits per heavy atom. The van der Waals surface area contributed by atoms with Gasteiger partial charge in [-0.05, 0) is 19.9 Å². The van der Waals surface area contributed by atoms with Gasteiger partial charge in [-0.15, -0.1) is 0 Å². The van der Waals surface area contributed by atoms with Crippen molar-refractivity contribution in [3.05, 3.63) is 0 Å². The number of likely N-dealkylation sites (N-methyl/N-ethyl adjacent to an activating group) is 1. The maximum Gasteiger partial charge on any atom is 0.303 e. The summed E-state index contributed by atoms with van der Waals surface area (Å²) in [7, 11) is 1.71. The largest absolute Gasteiger partial charge is 0.451 e. The number of amides is 1. The van der Waals surface area contributed by atoms with Crippen LogP contribution in [0.3, 0.4) is 0 Å². The number of esters is 1. The molecule has 5 nitrogen and oxygen atoms in total. The summed E-state index contributed by atoms with van der Waals surface area (Å²) in [5.41, 5.74) is 0. The third kappa shape index (κ3) is 3.74. The average Bonchev–Trinajstić information content (AvgIpc) is 2.86. The van der Waals surface area contributed by atoms with Crippen LogP contribution in [-0.2, 0) is 14.3 Å². The fraction of sp³-hybridized carbons (Fsp3) is 0.778. The van der Waals surface area contributed by atoms with Gasteiger partial charge < -0.3 is 15.4 Å². The highest BCUT2D eigenvalue weighted by atomic mass is 16.5. The van der Waals surface area contributed by atoms with E-state index in [1.807, 2.05) is 0 Å². The Bertz CT molecular complexity index is 226. The second-order valence-corrected chi connectivity index (χ2v) is 3.44. The molecule has 1 aliphatic rings. The van der Waals surface area contributed by atoms with Crippen LogP contribution in [0, 0.1) is 0 Å². The lowest BCUT2D eigenvalue weighted by atomic mass is 10.3. The lowest BCUT2D eigenvalue weighted by Crippen LogP contribution is -2.43. The molecule has 0 heterocycles. The van der Waals surface area contributed by atoms with E-state index in [9.17, 15) is 9.59 Å². The van der Waals surface area contributed by atoms with Gasteiger partial charge in [0.05, 0.1) is 0 Å². The quantitative estimate of drug-likeness (QED) is 0.582. The minimum atomic E-state index is -0.710. The molecule has 1 atom stereocenters. The zero-order chi connectivity index (χ0) is 10.6. The van der Waals surface area contributed by atoms with E-state index in [1.165, 1.54) is 6.92 Å². The molecule has 5 heteroatoms. The number of hydrogen-bond donors (Lipinski definition) is 2. The van der Waals surface area contributed by atoms with Crippen molar-refractivity contribution in [3.63, 3.8) is 0 Å². The maximum atomic E-state index is 11.5. The summed E-state index contributed by atoms with van der Waals surface area (Å²) < 4.78 is 4.87. The molecule has 0 aromatic carbocycles. The van der Waals surface area contributed by atoms with Crippen molar-refractivity contribution in [3.8, 4) is 0 Å². The zero-order valence-corrected chi connectivity index (χ0v) is 8.50. The monoisotopic (exact) mass is 200 g/mol. The summed E-state index contributed by atoms with van der Waals surface area (Å²) in [6, 6.07) is 0.289. The first kappa shape index (κ1) is 11.0. The Hall–Kier alpha value is -1.10.